The number of aromatic nitrogens is 5. The molecule has 37 heavy (non-hydrogen) atoms. The Hall–Kier alpha value is -4.67. The molecule has 3 aromatic heterocycles. The van der Waals surface area contributed by atoms with Gasteiger partial charge in [-0.25, -0.2) is 9.36 Å². The number of benzene rings is 1. The molecule has 1 fully saturated rings. The Morgan fingerprint density at radius 2 is 1.97 bits per heavy atom. The monoisotopic (exact) mass is 494 g/mol. The number of imidazole rings is 1. The Morgan fingerprint density at radius 3 is 2.70 bits per heavy atom. The number of pyridine rings is 1. The molecular weight excluding hydrogens is 468 g/mol. The van der Waals surface area contributed by atoms with Crippen molar-refractivity contribution in [3.63, 3.8) is 0 Å². The summed E-state index contributed by atoms with van der Waals surface area (Å²) in [5.41, 5.74) is 7.31. The third kappa shape index (κ3) is 4.51. The standard InChI is InChI=1S/C27H26N8O2/c1-2-3-12-33-23-24(31-26(33)32-11-7-8-21(29)18-32)35(22-9-5-4-6-10-22)27(37)34(25(23)36)17-20-13-19(14-28)15-30-16-20/h4-6,9-10,13,15-16,21H,7-8,11-12,17-18,29H2,1H3. The van der Waals surface area contributed by atoms with Gasteiger partial charge in [0, 0.05) is 31.5 Å². The van der Waals surface area contributed by atoms with Crippen molar-refractivity contribution in [1.29, 1.82) is 5.26 Å². The van der Waals surface area contributed by atoms with E-state index in [0.717, 1.165) is 24.0 Å². The van der Waals surface area contributed by atoms with Crippen LogP contribution in [0.1, 0.15) is 30.9 Å². The molecule has 0 aliphatic carbocycles. The zero-order valence-electron chi connectivity index (χ0n) is 20.5. The molecule has 10 nitrogen and oxygen atoms in total. The Kier molecular flexibility index (Phi) is 6.59. The minimum atomic E-state index is -0.529. The number of nitrogens with two attached hydrogens (primary N) is 1. The lowest BCUT2D eigenvalue weighted by molar-refractivity contribution is 0.496. The van der Waals surface area contributed by atoms with E-state index in [4.69, 9.17) is 10.7 Å². The van der Waals surface area contributed by atoms with Gasteiger partial charge < -0.3 is 10.6 Å². The van der Waals surface area contributed by atoms with Crippen molar-refractivity contribution in [2.75, 3.05) is 18.0 Å². The maximum Gasteiger partial charge on any atom is 0.337 e. The Morgan fingerprint density at radius 1 is 1.16 bits per heavy atom. The molecule has 0 spiro atoms. The van der Waals surface area contributed by atoms with Crippen molar-refractivity contribution in [3.8, 4) is 23.6 Å². The third-order valence-electron chi connectivity index (χ3n) is 6.44. The van der Waals surface area contributed by atoms with Crippen LogP contribution in [0, 0.1) is 23.2 Å². The van der Waals surface area contributed by atoms with Gasteiger partial charge in [0.05, 0.1) is 24.3 Å². The van der Waals surface area contributed by atoms with Crippen LogP contribution in [0.2, 0.25) is 0 Å². The second kappa shape index (κ2) is 10.1. The van der Waals surface area contributed by atoms with E-state index in [1.165, 1.54) is 10.8 Å². The summed E-state index contributed by atoms with van der Waals surface area (Å²) >= 11 is 0. The van der Waals surface area contributed by atoms with Crippen molar-refractivity contribution < 1.29 is 0 Å². The fraction of sp³-hybridized carbons (Fsp3) is 0.296. The van der Waals surface area contributed by atoms with E-state index in [1.54, 1.807) is 35.9 Å². The summed E-state index contributed by atoms with van der Waals surface area (Å²) in [5.74, 6) is 6.52. The molecule has 1 aromatic carbocycles. The summed E-state index contributed by atoms with van der Waals surface area (Å²) in [6.45, 7) is 3.27. The van der Waals surface area contributed by atoms with Crippen LogP contribution in [-0.2, 0) is 13.1 Å². The molecule has 2 N–H and O–H groups in total. The maximum atomic E-state index is 13.9. The molecule has 5 rings (SSSR count). The van der Waals surface area contributed by atoms with Gasteiger partial charge in [-0.15, -0.1) is 5.92 Å². The molecule has 0 bridgehead atoms. The number of nitriles is 1. The number of hydrogen-bond acceptors (Lipinski definition) is 7. The second-order valence-electron chi connectivity index (χ2n) is 8.98. The number of rotatable bonds is 5. The second-order valence-corrected chi connectivity index (χ2v) is 8.98. The lowest BCUT2D eigenvalue weighted by Crippen LogP contribution is -2.44. The Balaban J connectivity index is 1.82. The van der Waals surface area contributed by atoms with Crippen LogP contribution >= 0.6 is 0 Å². The van der Waals surface area contributed by atoms with E-state index in [0.29, 0.717) is 29.3 Å². The van der Waals surface area contributed by atoms with Crippen molar-refractivity contribution in [3.05, 3.63) is 80.8 Å². The van der Waals surface area contributed by atoms with Gasteiger partial charge in [-0.1, -0.05) is 24.1 Å². The number of nitrogens with zero attached hydrogens (tertiary/aromatic N) is 7. The molecule has 10 heteroatoms. The van der Waals surface area contributed by atoms with E-state index in [-0.39, 0.29) is 30.3 Å². The number of fused-ring (bicyclic) bond motifs is 1. The summed E-state index contributed by atoms with van der Waals surface area (Å²) in [6, 6.07) is 12.8. The van der Waals surface area contributed by atoms with Gasteiger partial charge in [-0.05, 0) is 43.5 Å². The van der Waals surface area contributed by atoms with E-state index in [9.17, 15) is 14.9 Å². The number of piperidine rings is 1. The number of para-hydroxylation sites is 1. The van der Waals surface area contributed by atoms with Crippen LogP contribution in [0.15, 0.2) is 58.4 Å². The van der Waals surface area contributed by atoms with Crippen LogP contribution in [0.5, 0.6) is 0 Å². The summed E-state index contributed by atoms with van der Waals surface area (Å²) < 4.78 is 4.41. The summed E-state index contributed by atoms with van der Waals surface area (Å²) in [7, 11) is 0. The fourth-order valence-electron chi connectivity index (χ4n) is 4.73. The SMILES string of the molecule is CC#CCn1c(N2CCCC(N)C2)nc2c1c(=O)n(Cc1cncc(C#N)c1)c(=O)n2-c1ccccc1. The lowest BCUT2D eigenvalue weighted by Gasteiger charge is -2.31. The molecule has 1 aliphatic heterocycles. The number of hydrogen-bond donors (Lipinski definition) is 1. The van der Waals surface area contributed by atoms with Crippen LogP contribution < -0.4 is 21.9 Å². The molecule has 4 heterocycles. The topological polar surface area (TPSA) is 128 Å². The predicted octanol–water partition coefficient (Wildman–Crippen LogP) is 1.61. The molecule has 1 unspecified atom stereocenters. The van der Waals surface area contributed by atoms with Crippen LogP contribution in [0.25, 0.3) is 16.9 Å². The van der Waals surface area contributed by atoms with E-state index in [1.807, 2.05) is 24.3 Å². The minimum absolute atomic E-state index is 0.00726. The summed E-state index contributed by atoms with van der Waals surface area (Å²) in [6.07, 6.45) is 4.81. The van der Waals surface area contributed by atoms with Crippen molar-refractivity contribution >= 4 is 17.1 Å². The minimum Gasteiger partial charge on any atom is -0.341 e. The molecular formula is C27H26N8O2. The van der Waals surface area contributed by atoms with Crippen molar-refractivity contribution in [2.45, 2.75) is 38.9 Å². The largest absolute Gasteiger partial charge is 0.341 e. The molecule has 4 aromatic rings. The average molecular weight is 495 g/mol. The zero-order valence-corrected chi connectivity index (χ0v) is 20.5. The molecule has 0 saturated carbocycles. The summed E-state index contributed by atoms with van der Waals surface area (Å²) in [5, 5.41) is 9.27. The lowest BCUT2D eigenvalue weighted by atomic mass is 10.1. The molecule has 186 valence electrons. The van der Waals surface area contributed by atoms with E-state index in [2.05, 4.69) is 21.7 Å². The molecule has 0 amide bonds. The van der Waals surface area contributed by atoms with Gasteiger partial charge in [0.2, 0.25) is 5.95 Å². The first-order chi connectivity index (χ1) is 18.0. The van der Waals surface area contributed by atoms with Crippen molar-refractivity contribution in [1.82, 2.24) is 23.7 Å². The highest BCUT2D eigenvalue weighted by molar-refractivity contribution is 5.76. The first-order valence-electron chi connectivity index (χ1n) is 12.1. The van der Waals surface area contributed by atoms with Gasteiger partial charge in [-0.3, -0.25) is 18.9 Å². The quantitative estimate of drug-likeness (QED) is 0.418. The smallest absolute Gasteiger partial charge is 0.337 e. The Bertz CT molecular complexity index is 1680. The number of anilines is 1. The molecule has 1 atom stereocenters. The van der Waals surface area contributed by atoms with Gasteiger partial charge in [0.1, 0.15) is 6.07 Å². The van der Waals surface area contributed by atoms with E-state index >= 15 is 0 Å². The fourth-order valence-corrected chi connectivity index (χ4v) is 4.73. The summed E-state index contributed by atoms with van der Waals surface area (Å²) in [4.78, 5) is 38.8. The van der Waals surface area contributed by atoms with Gasteiger partial charge in [0.25, 0.3) is 5.56 Å². The van der Waals surface area contributed by atoms with E-state index < -0.39 is 11.2 Å². The normalized spacial score (nSPS) is 15.3. The average Bonchev–Trinajstić information content (AvgIpc) is 3.30. The van der Waals surface area contributed by atoms with Crippen molar-refractivity contribution in [2.24, 2.45) is 5.73 Å². The predicted molar refractivity (Wildman–Crippen MR) is 141 cm³/mol. The maximum absolute atomic E-state index is 13.9. The van der Waals surface area contributed by atoms with Crippen LogP contribution in [-0.4, -0.2) is 42.8 Å². The third-order valence-corrected chi connectivity index (χ3v) is 6.44. The highest BCUT2D eigenvalue weighted by atomic mass is 16.2. The van der Waals surface area contributed by atoms with Crippen LogP contribution in [0.4, 0.5) is 5.95 Å². The van der Waals surface area contributed by atoms with Gasteiger partial charge in [-0.2, -0.15) is 10.2 Å². The molecule has 0 radical (unpaired) electrons. The van der Waals surface area contributed by atoms with Gasteiger partial charge in [0.15, 0.2) is 11.2 Å². The Labute approximate surface area is 213 Å². The highest BCUT2D eigenvalue weighted by Gasteiger charge is 2.27. The highest BCUT2D eigenvalue weighted by Crippen LogP contribution is 2.24. The molecule has 1 aliphatic rings. The van der Waals surface area contributed by atoms with Crippen LogP contribution in [0.3, 0.4) is 0 Å². The first kappa shape index (κ1) is 24.0. The van der Waals surface area contributed by atoms with Gasteiger partial charge >= 0.3 is 5.69 Å². The first-order valence-corrected chi connectivity index (χ1v) is 12.1. The zero-order chi connectivity index (χ0) is 25.9. The molecule has 1 saturated heterocycles.